The van der Waals surface area contributed by atoms with E-state index in [1.165, 1.54) is 24.3 Å². The Morgan fingerprint density at radius 3 is 2.52 bits per heavy atom. The quantitative estimate of drug-likeness (QED) is 0.271. The van der Waals surface area contributed by atoms with Gasteiger partial charge < -0.3 is 10.1 Å². The fourth-order valence-corrected chi connectivity index (χ4v) is 3.67. The molecule has 3 aromatic rings. The number of amides is 1. The van der Waals surface area contributed by atoms with Crippen LogP contribution < -0.4 is 10.1 Å². The first-order chi connectivity index (χ1) is 15.8. The van der Waals surface area contributed by atoms with E-state index < -0.39 is 5.91 Å². The first-order valence-corrected chi connectivity index (χ1v) is 11.0. The smallest absolute Gasteiger partial charge is 0.266 e. The van der Waals surface area contributed by atoms with E-state index in [1.54, 1.807) is 36.4 Å². The molecule has 168 valence electrons. The average Bonchev–Trinajstić information content (AvgIpc) is 2.78. The average molecular weight is 504 g/mol. The molecule has 0 spiro atoms. The van der Waals surface area contributed by atoms with Crippen molar-refractivity contribution in [2.24, 2.45) is 0 Å². The normalized spacial score (nSPS) is 11.1. The molecule has 0 radical (unpaired) electrons. The maximum Gasteiger partial charge on any atom is 0.266 e. The van der Waals surface area contributed by atoms with Crippen molar-refractivity contribution in [1.29, 1.82) is 5.26 Å². The van der Waals surface area contributed by atoms with Gasteiger partial charge in [-0.3, -0.25) is 4.79 Å². The van der Waals surface area contributed by atoms with Crippen LogP contribution in [0.15, 0.2) is 60.2 Å². The van der Waals surface area contributed by atoms with Crippen LogP contribution in [0, 0.1) is 17.1 Å². The Morgan fingerprint density at radius 1 is 1.09 bits per heavy atom. The lowest BCUT2D eigenvalue weighted by atomic mass is 10.0. The van der Waals surface area contributed by atoms with Crippen LogP contribution in [0.3, 0.4) is 0 Å². The van der Waals surface area contributed by atoms with E-state index in [2.05, 4.69) is 5.32 Å². The molecule has 3 rings (SSSR count). The third kappa shape index (κ3) is 6.27. The van der Waals surface area contributed by atoms with Crippen molar-refractivity contribution in [2.75, 3.05) is 11.9 Å². The Kier molecular flexibility index (Phi) is 8.35. The molecule has 0 aliphatic heterocycles. The van der Waals surface area contributed by atoms with Gasteiger partial charge >= 0.3 is 0 Å². The first-order valence-electron chi connectivity index (χ1n) is 9.89. The van der Waals surface area contributed by atoms with E-state index in [0.29, 0.717) is 44.8 Å². The summed E-state index contributed by atoms with van der Waals surface area (Å²) in [7, 11) is 0. The molecular weight excluding hydrogens is 486 g/mol. The second-order valence-corrected chi connectivity index (χ2v) is 8.16. The predicted octanol–water partition coefficient (Wildman–Crippen LogP) is 7.32. The molecule has 0 atom stereocenters. The molecule has 0 fully saturated rings. The fraction of sp³-hybridized carbons (Fsp3) is 0.120. The minimum absolute atomic E-state index is 0.151. The van der Waals surface area contributed by atoms with Crippen molar-refractivity contribution in [2.45, 2.75) is 13.3 Å². The van der Waals surface area contributed by atoms with E-state index in [1.807, 2.05) is 13.0 Å². The molecule has 0 saturated carbocycles. The van der Waals surface area contributed by atoms with E-state index in [9.17, 15) is 14.4 Å². The van der Waals surface area contributed by atoms with Gasteiger partial charge in [0.2, 0.25) is 0 Å². The number of anilines is 1. The van der Waals surface area contributed by atoms with Crippen LogP contribution in [-0.2, 0) is 11.2 Å². The van der Waals surface area contributed by atoms with Crippen molar-refractivity contribution in [3.8, 4) is 11.8 Å². The zero-order valence-corrected chi connectivity index (χ0v) is 19.7. The summed E-state index contributed by atoms with van der Waals surface area (Å²) < 4.78 is 19.9. The molecule has 0 unspecified atom stereocenters. The van der Waals surface area contributed by atoms with Crippen molar-refractivity contribution >= 4 is 52.5 Å². The summed E-state index contributed by atoms with van der Waals surface area (Å²) in [5.74, 6) is -0.521. The number of ether oxygens (including phenoxy) is 1. The van der Waals surface area contributed by atoms with Crippen LogP contribution in [0.2, 0.25) is 15.1 Å². The van der Waals surface area contributed by atoms with Gasteiger partial charge in [0.25, 0.3) is 5.91 Å². The Morgan fingerprint density at radius 2 is 1.85 bits per heavy atom. The minimum Gasteiger partial charge on any atom is -0.494 e. The summed E-state index contributed by atoms with van der Waals surface area (Å²) in [6, 6.07) is 16.2. The third-order valence-corrected chi connectivity index (χ3v) is 5.73. The predicted molar refractivity (Wildman–Crippen MR) is 131 cm³/mol. The molecule has 1 N–H and O–H groups in total. The zero-order chi connectivity index (χ0) is 24.0. The number of carbonyl (C=O) groups is 1. The molecule has 0 aromatic heterocycles. The molecule has 0 heterocycles. The Labute approximate surface area is 206 Å². The maximum atomic E-state index is 14.1. The molecule has 4 nitrogen and oxygen atoms in total. The molecule has 1 amide bonds. The number of nitrogens with one attached hydrogen (secondary N) is 1. The maximum absolute atomic E-state index is 14.1. The Hall–Kier alpha value is -3.04. The molecule has 8 heteroatoms. The summed E-state index contributed by atoms with van der Waals surface area (Å²) in [6.45, 7) is 2.17. The summed E-state index contributed by atoms with van der Waals surface area (Å²) >= 11 is 18.4. The zero-order valence-electron chi connectivity index (χ0n) is 17.5. The van der Waals surface area contributed by atoms with Crippen LogP contribution in [0.5, 0.6) is 5.75 Å². The highest BCUT2D eigenvalue weighted by atomic mass is 35.5. The van der Waals surface area contributed by atoms with Crippen molar-refractivity contribution < 1.29 is 13.9 Å². The second-order valence-electron chi connectivity index (χ2n) is 6.93. The number of hydrogen-bond acceptors (Lipinski definition) is 3. The van der Waals surface area contributed by atoms with Crippen molar-refractivity contribution in [1.82, 2.24) is 0 Å². The molecule has 3 aromatic carbocycles. The van der Waals surface area contributed by atoms with Gasteiger partial charge in [-0.05, 0) is 60.5 Å². The number of nitrogens with zero attached hydrogens (tertiary/aromatic N) is 1. The number of halogens is 4. The van der Waals surface area contributed by atoms with E-state index in [0.717, 1.165) is 0 Å². The second kappa shape index (κ2) is 11.2. The molecule has 0 saturated heterocycles. The van der Waals surface area contributed by atoms with Crippen molar-refractivity contribution in [3.63, 3.8) is 0 Å². The van der Waals surface area contributed by atoms with E-state index in [-0.39, 0.29) is 22.8 Å². The standard InChI is InChI=1S/C25H18Cl3FN2O2/c1-2-33-24-11-15(10-21(27)19(24)12-16-5-3-4-6-23(16)29)9-17(14-30)25(32)31-18-7-8-20(26)22(28)13-18/h3-11,13H,2,12H2,1H3,(H,31,32)/b17-9+. The van der Waals surface area contributed by atoms with Crippen LogP contribution in [0.25, 0.3) is 6.08 Å². The van der Waals surface area contributed by atoms with Crippen LogP contribution in [0.4, 0.5) is 10.1 Å². The summed E-state index contributed by atoms with van der Waals surface area (Å²) in [6.07, 6.45) is 1.63. The Balaban J connectivity index is 1.92. The van der Waals surface area contributed by atoms with Gasteiger partial charge in [-0.1, -0.05) is 53.0 Å². The number of hydrogen-bond donors (Lipinski definition) is 1. The minimum atomic E-state index is -0.625. The van der Waals surface area contributed by atoms with Gasteiger partial charge in [0.05, 0.1) is 16.7 Å². The van der Waals surface area contributed by atoms with Gasteiger partial charge in [0.15, 0.2) is 0 Å². The monoisotopic (exact) mass is 502 g/mol. The molecular formula is C25H18Cl3FN2O2. The molecule has 0 aliphatic carbocycles. The van der Waals surface area contributed by atoms with Crippen LogP contribution in [-0.4, -0.2) is 12.5 Å². The topological polar surface area (TPSA) is 62.1 Å². The SMILES string of the molecule is CCOc1cc(/C=C(\C#N)C(=O)Nc2ccc(Cl)c(Cl)c2)cc(Cl)c1Cc1ccccc1F. The van der Waals surface area contributed by atoms with Crippen LogP contribution in [0.1, 0.15) is 23.6 Å². The molecule has 33 heavy (non-hydrogen) atoms. The van der Waals surface area contributed by atoms with Gasteiger partial charge in [0, 0.05) is 22.7 Å². The lowest BCUT2D eigenvalue weighted by Crippen LogP contribution is -2.13. The number of rotatable bonds is 7. The van der Waals surface area contributed by atoms with E-state index >= 15 is 0 Å². The lowest BCUT2D eigenvalue weighted by Gasteiger charge is -2.14. The van der Waals surface area contributed by atoms with Crippen LogP contribution >= 0.6 is 34.8 Å². The lowest BCUT2D eigenvalue weighted by molar-refractivity contribution is -0.112. The summed E-state index contributed by atoms with van der Waals surface area (Å²) in [4.78, 5) is 12.6. The highest BCUT2D eigenvalue weighted by Crippen LogP contribution is 2.33. The largest absolute Gasteiger partial charge is 0.494 e. The summed E-state index contributed by atoms with van der Waals surface area (Å²) in [5.41, 5.74) is 1.81. The third-order valence-electron chi connectivity index (χ3n) is 4.66. The molecule has 0 aliphatic rings. The number of carbonyl (C=O) groups excluding carboxylic acids is 1. The van der Waals surface area contributed by atoms with Gasteiger partial charge in [-0.2, -0.15) is 5.26 Å². The van der Waals surface area contributed by atoms with Gasteiger partial charge in [0.1, 0.15) is 23.2 Å². The number of nitriles is 1. The molecule has 0 bridgehead atoms. The Bertz CT molecular complexity index is 1270. The number of benzene rings is 3. The summed E-state index contributed by atoms with van der Waals surface area (Å²) in [5, 5.41) is 13.1. The highest BCUT2D eigenvalue weighted by Gasteiger charge is 2.15. The van der Waals surface area contributed by atoms with Gasteiger partial charge in [-0.15, -0.1) is 0 Å². The fourth-order valence-electron chi connectivity index (χ4n) is 3.09. The highest BCUT2D eigenvalue weighted by molar-refractivity contribution is 6.42. The van der Waals surface area contributed by atoms with E-state index in [4.69, 9.17) is 39.5 Å². The van der Waals surface area contributed by atoms with Crippen molar-refractivity contribution in [3.05, 3.63) is 97.7 Å². The van der Waals surface area contributed by atoms with Gasteiger partial charge in [-0.25, -0.2) is 4.39 Å². The first kappa shape index (κ1) is 24.6.